The van der Waals surface area contributed by atoms with Gasteiger partial charge in [-0.3, -0.25) is 0 Å². The summed E-state index contributed by atoms with van der Waals surface area (Å²) in [4.78, 5) is 10.7. The monoisotopic (exact) mass is 322 g/mol. The van der Waals surface area contributed by atoms with Gasteiger partial charge in [-0.2, -0.15) is 4.31 Å². The van der Waals surface area contributed by atoms with Crippen molar-refractivity contribution in [1.29, 1.82) is 0 Å². The Balaban J connectivity index is 2.36. The molecule has 0 radical (unpaired) electrons. The molecule has 1 fully saturated rings. The molecule has 0 saturated carbocycles. The smallest absolute Gasteiger partial charge is 0.243 e. The topological polar surface area (TPSA) is 77.5 Å². The number of carbonyl (C=O) groups excluding carboxylic acids is 1. The van der Waals surface area contributed by atoms with Crippen molar-refractivity contribution in [2.75, 3.05) is 13.1 Å². The molecule has 6 heteroatoms. The Morgan fingerprint density at radius 1 is 1.18 bits per heavy atom. The minimum absolute atomic E-state index is 0.245. The van der Waals surface area contributed by atoms with Crippen LogP contribution in [0, 0.1) is 6.92 Å². The lowest BCUT2D eigenvalue weighted by Crippen LogP contribution is -2.32. The van der Waals surface area contributed by atoms with E-state index in [9.17, 15) is 18.3 Å². The van der Waals surface area contributed by atoms with Gasteiger partial charge in [0, 0.05) is 13.1 Å². The van der Waals surface area contributed by atoms with Crippen LogP contribution in [0.4, 0.5) is 0 Å². The van der Waals surface area contributed by atoms with Crippen LogP contribution in [-0.2, 0) is 14.8 Å². The molecule has 0 bridgehead atoms. The number of aryl methyl sites for hydroxylation is 1. The summed E-state index contributed by atoms with van der Waals surface area (Å²) >= 11 is 0. The second-order valence-corrected chi connectivity index (χ2v) is 7.40. The van der Waals surface area contributed by atoms with E-state index in [2.05, 4.69) is 0 Å². The van der Waals surface area contributed by atoms with Crippen LogP contribution in [0.2, 0.25) is 0 Å². The van der Waals surface area contributed by atoms with Crippen LogP contribution in [0.1, 0.15) is 36.8 Å². The Bertz CT molecular complexity index is 671. The third-order valence-corrected chi connectivity index (χ3v) is 5.85. The maximum Gasteiger partial charge on any atom is 0.243 e. The first-order chi connectivity index (χ1) is 10.4. The molecule has 0 aromatic heterocycles. The first-order valence-electron chi connectivity index (χ1n) is 7.41. The summed E-state index contributed by atoms with van der Waals surface area (Å²) in [6.45, 7) is 2.83. The SMILES string of the molecule is Cc1ccc(/C=C/C(=O)[O-])cc1S(=O)(=O)N1CCCCCC1. The number of sulfonamides is 1. The molecule has 0 N–H and O–H groups in total. The first kappa shape index (κ1) is 16.7. The number of rotatable bonds is 4. The number of carboxylic acid groups (broad SMARTS) is 1. The number of aliphatic carboxylic acids is 1. The standard InChI is InChI=1S/C16H21NO4S/c1-13-6-7-14(8-9-16(18)19)12-15(13)22(20,21)17-10-4-2-3-5-11-17/h6-9,12H,2-5,10-11H2,1H3,(H,18,19)/p-1/b9-8+. The Hall–Kier alpha value is -1.66. The van der Waals surface area contributed by atoms with Gasteiger partial charge in [-0.25, -0.2) is 8.42 Å². The molecule has 1 saturated heterocycles. The fourth-order valence-corrected chi connectivity index (χ4v) is 4.36. The molecular weight excluding hydrogens is 302 g/mol. The van der Waals surface area contributed by atoms with Gasteiger partial charge < -0.3 is 9.90 Å². The summed E-state index contributed by atoms with van der Waals surface area (Å²) < 4.78 is 27.2. The van der Waals surface area contributed by atoms with Crippen molar-refractivity contribution in [2.45, 2.75) is 37.5 Å². The molecule has 0 spiro atoms. The number of carboxylic acids is 1. The van der Waals surface area contributed by atoms with Crippen LogP contribution < -0.4 is 5.11 Å². The van der Waals surface area contributed by atoms with Crippen LogP contribution >= 0.6 is 0 Å². The van der Waals surface area contributed by atoms with E-state index in [-0.39, 0.29) is 4.90 Å². The zero-order valence-electron chi connectivity index (χ0n) is 12.6. The number of hydrogen-bond acceptors (Lipinski definition) is 4. The highest BCUT2D eigenvalue weighted by Crippen LogP contribution is 2.24. The summed E-state index contributed by atoms with van der Waals surface area (Å²) in [5, 5.41) is 10.5. The quantitative estimate of drug-likeness (QED) is 0.783. The summed E-state index contributed by atoms with van der Waals surface area (Å²) in [5.74, 6) is -1.31. The number of carbonyl (C=O) groups is 1. The van der Waals surface area contributed by atoms with E-state index >= 15 is 0 Å². The maximum atomic E-state index is 12.8. The molecule has 0 amide bonds. The van der Waals surface area contributed by atoms with Gasteiger partial charge >= 0.3 is 0 Å². The van der Waals surface area contributed by atoms with Crippen molar-refractivity contribution in [3.05, 3.63) is 35.4 Å². The lowest BCUT2D eigenvalue weighted by Gasteiger charge is -2.21. The normalized spacial score (nSPS) is 17.5. The molecule has 5 nitrogen and oxygen atoms in total. The molecule has 0 unspecified atom stereocenters. The van der Waals surface area contributed by atoms with Crippen molar-refractivity contribution < 1.29 is 18.3 Å². The minimum atomic E-state index is -3.54. The highest BCUT2D eigenvalue weighted by molar-refractivity contribution is 7.89. The molecule has 1 heterocycles. The number of hydrogen-bond donors (Lipinski definition) is 0. The zero-order valence-corrected chi connectivity index (χ0v) is 13.4. The zero-order chi connectivity index (χ0) is 16.2. The lowest BCUT2D eigenvalue weighted by atomic mass is 10.1. The second kappa shape index (κ2) is 7.07. The van der Waals surface area contributed by atoms with E-state index in [0.29, 0.717) is 24.2 Å². The molecule has 1 aliphatic heterocycles. The number of nitrogens with zero attached hydrogens (tertiary/aromatic N) is 1. The third kappa shape index (κ3) is 3.96. The van der Waals surface area contributed by atoms with E-state index in [1.54, 1.807) is 19.1 Å². The second-order valence-electron chi connectivity index (χ2n) is 5.50. The molecule has 120 valence electrons. The Morgan fingerprint density at radius 2 is 1.82 bits per heavy atom. The first-order valence-corrected chi connectivity index (χ1v) is 8.85. The van der Waals surface area contributed by atoms with E-state index in [1.165, 1.54) is 16.4 Å². The van der Waals surface area contributed by atoms with Crippen molar-refractivity contribution in [2.24, 2.45) is 0 Å². The van der Waals surface area contributed by atoms with Gasteiger partial charge in [-0.15, -0.1) is 0 Å². The van der Waals surface area contributed by atoms with Gasteiger partial charge in [0.15, 0.2) is 0 Å². The van der Waals surface area contributed by atoms with Crippen molar-refractivity contribution >= 4 is 22.1 Å². The molecule has 2 rings (SSSR count). The molecule has 22 heavy (non-hydrogen) atoms. The van der Waals surface area contributed by atoms with Crippen LogP contribution in [0.3, 0.4) is 0 Å². The average molecular weight is 322 g/mol. The van der Waals surface area contributed by atoms with Gasteiger partial charge in [-0.1, -0.05) is 31.1 Å². The molecule has 0 atom stereocenters. The average Bonchev–Trinajstić information content (AvgIpc) is 2.75. The molecule has 1 aliphatic rings. The number of benzene rings is 1. The summed E-state index contributed by atoms with van der Waals surface area (Å²) in [5.41, 5.74) is 1.19. The predicted molar refractivity (Wildman–Crippen MR) is 82.4 cm³/mol. The minimum Gasteiger partial charge on any atom is -0.545 e. The van der Waals surface area contributed by atoms with Gasteiger partial charge in [0.05, 0.1) is 10.9 Å². The predicted octanol–water partition coefficient (Wildman–Crippen LogP) is 1.32. The molecule has 1 aromatic carbocycles. The van der Waals surface area contributed by atoms with Gasteiger partial charge in [0.1, 0.15) is 0 Å². The summed E-state index contributed by atoms with van der Waals surface area (Å²) in [7, 11) is -3.54. The van der Waals surface area contributed by atoms with Crippen molar-refractivity contribution in [3.8, 4) is 0 Å². The summed E-state index contributed by atoms with van der Waals surface area (Å²) in [6.07, 6.45) is 6.10. The fourth-order valence-electron chi connectivity index (χ4n) is 2.58. The van der Waals surface area contributed by atoms with Gasteiger partial charge in [-0.05, 0) is 43.0 Å². The highest BCUT2D eigenvalue weighted by Gasteiger charge is 2.26. The largest absolute Gasteiger partial charge is 0.545 e. The Morgan fingerprint density at radius 3 is 2.41 bits per heavy atom. The van der Waals surface area contributed by atoms with Crippen LogP contribution in [0.25, 0.3) is 6.08 Å². The fraction of sp³-hybridized carbons (Fsp3) is 0.438. The molecule has 0 aliphatic carbocycles. The van der Waals surface area contributed by atoms with Gasteiger partial charge in [0.2, 0.25) is 10.0 Å². The maximum absolute atomic E-state index is 12.8. The lowest BCUT2D eigenvalue weighted by molar-refractivity contribution is -0.297. The van der Waals surface area contributed by atoms with Crippen LogP contribution in [-0.4, -0.2) is 31.8 Å². The van der Waals surface area contributed by atoms with Crippen molar-refractivity contribution in [1.82, 2.24) is 4.31 Å². The summed E-state index contributed by atoms with van der Waals surface area (Å²) in [6, 6.07) is 4.91. The van der Waals surface area contributed by atoms with E-state index in [0.717, 1.165) is 31.8 Å². The van der Waals surface area contributed by atoms with Crippen LogP contribution in [0.15, 0.2) is 29.2 Å². The highest BCUT2D eigenvalue weighted by atomic mass is 32.2. The Kier molecular flexibility index (Phi) is 5.37. The third-order valence-electron chi connectivity index (χ3n) is 3.81. The molecule has 1 aromatic rings. The van der Waals surface area contributed by atoms with Crippen LogP contribution in [0.5, 0.6) is 0 Å². The van der Waals surface area contributed by atoms with E-state index in [4.69, 9.17) is 0 Å². The van der Waals surface area contributed by atoms with Gasteiger partial charge in [0.25, 0.3) is 0 Å². The van der Waals surface area contributed by atoms with E-state index in [1.807, 2.05) is 0 Å². The Labute approximate surface area is 131 Å². The van der Waals surface area contributed by atoms with Crippen molar-refractivity contribution in [3.63, 3.8) is 0 Å². The van der Waals surface area contributed by atoms with E-state index < -0.39 is 16.0 Å². The molecular formula is C16H20NO4S-.